The van der Waals surface area contributed by atoms with Crippen LogP contribution in [0.4, 0.5) is 0 Å². The van der Waals surface area contributed by atoms with Crippen LogP contribution in [-0.2, 0) is 4.79 Å². The lowest BCUT2D eigenvalue weighted by atomic mass is 9.92. The number of rotatable bonds is 3. The molecule has 0 spiro atoms. The van der Waals surface area contributed by atoms with Crippen LogP contribution in [0, 0.1) is 5.92 Å². The van der Waals surface area contributed by atoms with Crippen LogP contribution in [0.5, 0.6) is 5.88 Å². The van der Waals surface area contributed by atoms with E-state index in [1.54, 1.807) is 11.0 Å². The summed E-state index contributed by atoms with van der Waals surface area (Å²) in [4.78, 5) is 30.5. The van der Waals surface area contributed by atoms with Gasteiger partial charge in [-0.3, -0.25) is 9.59 Å². The zero-order valence-corrected chi connectivity index (χ0v) is 13.9. The number of methoxy groups -OCH3 is 1. The van der Waals surface area contributed by atoms with E-state index in [1.165, 1.54) is 7.11 Å². The van der Waals surface area contributed by atoms with Gasteiger partial charge in [0.2, 0.25) is 11.8 Å². The van der Waals surface area contributed by atoms with Crippen molar-refractivity contribution in [1.29, 1.82) is 0 Å². The lowest BCUT2D eigenvalue weighted by molar-refractivity contribution is -0.123. The molecule has 6 nitrogen and oxygen atoms in total. The van der Waals surface area contributed by atoms with Crippen LogP contribution in [0.25, 0.3) is 10.8 Å². The molecule has 2 atom stereocenters. The summed E-state index contributed by atoms with van der Waals surface area (Å²) in [5.41, 5.74) is 5.74. The highest BCUT2D eigenvalue weighted by Crippen LogP contribution is 2.27. The van der Waals surface area contributed by atoms with Crippen molar-refractivity contribution in [2.45, 2.75) is 25.8 Å². The van der Waals surface area contributed by atoms with Gasteiger partial charge >= 0.3 is 0 Å². The van der Waals surface area contributed by atoms with Crippen molar-refractivity contribution in [2.75, 3.05) is 13.7 Å². The largest absolute Gasteiger partial charge is 0.481 e. The number of nitrogens with zero attached hydrogens (tertiary/aromatic N) is 2. The Morgan fingerprint density at radius 3 is 2.75 bits per heavy atom. The lowest BCUT2D eigenvalue weighted by Crippen LogP contribution is -2.48. The van der Waals surface area contributed by atoms with E-state index in [4.69, 9.17) is 10.5 Å². The predicted molar refractivity (Wildman–Crippen MR) is 90.7 cm³/mol. The average Bonchev–Trinajstić information content (AvgIpc) is 2.60. The third-order valence-electron chi connectivity index (χ3n) is 4.66. The van der Waals surface area contributed by atoms with Gasteiger partial charge in [0.05, 0.1) is 13.0 Å². The van der Waals surface area contributed by atoms with Crippen LogP contribution < -0.4 is 10.5 Å². The number of pyridine rings is 1. The van der Waals surface area contributed by atoms with E-state index >= 15 is 0 Å². The van der Waals surface area contributed by atoms with Crippen molar-refractivity contribution < 1.29 is 14.3 Å². The lowest BCUT2D eigenvalue weighted by Gasteiger charge is -2.36. The Bertz CT molecular complexity index is 790. The number of hydrogen-bond donors (Lipinski definition) is 1. The number of carbonyl (C=O) groups is 2. The van der Waals surface area contributed by atoms with Crippen molar-refractivity contribution >= 4 is 22.6 Å². The number of carbonyl (C=O) groups excluding carboxylic acids is 2. The van der Waals surface area contributed by atoms with Crippen molar-refractivity contribution in [3.63, 3.8) is 0 Å². The Morgan fingerprint density at radius 2 is 2.04 bits per heavy atom. The number of piperidine rings is 1. The van der Waals surface area contributed by atoms with E-state index in [0.29, 0.717) is 18.1 Å². The first-order chi connectivity index (χ1) is 11.5. The number of benzene rings is 1. The third kappa shape index (κ3) is 2.91. The van der Waals surface area contributed by atoms with Crippen LogP contribution in [0.2, 0.25) is 0 Å². The zero-order valence-electron chi connectivity index (χ0n) is 13.9. The number of ether oxygens (including phenoxy) is 1. The summed E-state index contributed by atoms with van der Waals surface area (Å²) < 4.78 is 5.34. The van der Waals surface area contributed by atoms with Crippen molar-refractivity contribution in [1.82, 2.24) is 9.88 Å². The zero-order chi connectivity index (χ0) is 17.3. The summed E-state index contributed by atoms with van der Waals surface area (Å²) in [6, 6.07) is 9.44. The molecule has 6 heteroatoms. The second-order valence-electron chi connectivity index (χ2n) is 6.22. The normalized spacial score (nSPS) is 20.8. The van der Waals surface area contributed by atoms with Gasteiger partial charge in [0, 0.05) is 18.0 Å². The number of primary amides is 1. The molecular weight excluding hydrogens is 306 g/mol. The monoisotopic (exact) mass is 327 g/mol. The molecule has 1 aromatic heterocycles. The summed E-state index contributed by atoms with van der Waals surface area (Å²) >= 11 is 0. The van der Waals surface area contributed by atoms with Crippen molar-refractivity contribution in [2.24, 2.45) is 11.7 Å². The Hall–Kier alpha value is -2.63. The predicted octanol–water partition coefficient (Wildman–Crippen LogP) is 1.97. The standard InChI is InChI=1S/C18H21N3O3/c1-11-7-8-13(16(19)22)10-21(11)18(23)15-9-12-5-3-4-6-14(12)17(20-15)24-2/h3-6,9,11,13H,7-8,10H2,1-2H3,(H2,19,22). The first-order valence-corrected chi connectivity index (χ1v) is 8.05. The smallest absolute Gasteiger partial charge is 0.272 e. The first kappa shape index (κ1) is 16.2. The van der Waals surface area contributed by atoms with Crippen LogP contribution in [0.15, 0.2) is 30.3 Å². The van der Waals surface area contributed by atoms with Gasteiger partial charge in [-0.05, 0) is 37.3 Å². The molecule has 1 fully saturated rings. The highest BCUT2D eigenvalue weighted by molar-refractivity contribution is 5.98. The molecule has 2 aromatic rings. The molecule has 0 saturated carbocycles. The minimum atomic E-state index is -0.358. The maximum Gasteiger partial charge on any atom is 0.272 e. The molecule has 3 rings (SSSR count). The molecule has 2 unspecified atom stereocenters. The molecule has 1 aromatic carbocycles. The highest BCUT2D eigenvalue weighted by atomic mass is 16.5. The Balaban J connectivity index is 1.97. The number of amides is 2. The average molecular weight is 327 g/mol. The number of nitrogens with two attached hydrogens (primary N) is 1. The van der Waals surface area contributed by atoms with Gasteiger partial charge < -0.3 is 15.4 Å². The molecule has 0 aliphatic carbocycles. The molecule has 2 amide bonds. The van der Waals surface area contributed by atoms with Gasteiger partial charge in [-0.15, -0.1) is 0 Å². The van der Waals surface area contributed by atoms with Gasteiger partial charge in [0.25, 0.3) is 5.91 Å². The first-order valence-electron chi connectivity index (χ1n) is 8.05. The van der Waals surface area contributed by atoms with Gasteiger partial charge in [-0.2, -0.15) is 0 Å². The quantitative estimate of drug-likeness (QED) is 0.934. The topological polar surface area (TPSA) is 85.5 Å². The summed E-state index contributed by atoms with van der Waals surface area (Å²) in [6.07, 6.45) is 1.47. The second kappa shape index (κ2) is 6.47. The number of hydrogen-bond acceptors (Lipinski definition) is 4. The number of aromatic nitrogens is 1. The minimum Gasteiger partial charge on any atom is -0.481 e. The SMILES string of the molecule is COc1nc(C(=O)N2CC(C(N)=O)CCC2C)cc2ccccc12. The van der Waals surface area contributed by atoms with Crippen LogP contribution in [-0.4, -0.2) is 41.4 Å². The molecule has 24 heavy (non-hydrogen) atoms. The van der Waals surface area contributed by atoms with E-state index in [0.717, 1.165) is 23.6 Å². The van der Waals surface area contributed by atoms with Crippen LogP contribution in [0.3, 0.4) is 0 Å². The molecule has 1 saturated heterocycles. The van der Waals surface area contributed by atoms with E-state index in [1.807, 2.05) is 31.2 Å². The van der Waals surface area contributed by atoms with E-state index in [2.05, 4.69) is 4.98 Å². The molecular formula is C18H21N3O3. The third-order valence-corrected chi connectivity index (χ3v) is 4.66. The van der Waals surface area contributed by atoms with Crippen molar-refractivity contribution in [3.05, 3.63) is 36.0 Å². The van der Waals surface area contributed by atoms with E-state index in [9.17, 15) is 9.59 Å². The minimum absolute atomic E-state index is 0.0485. The highest BCUT2D eigenvalue weighted by Gasteiger charge is 2.32. The molecule has 0 radical (unpaired) electrons. The summed E-state index contributed by atoms with van der Waals surface area (Å²) in [6.45, 7) is 2.32. The van der Waals surface area contributed by atoms with Crippen LogP contribution >= 0.6 is 0 Å². The molecule has 126 valence electrons. The summed E-state index contributed by atoms with van der Waals surface area (Å²) in [5, 5.41) is 1.75. The summed E-state index contributed by atoms with van der Waals surface area (Å²) in [7, 11) is 1.54. The Kier molecular flexibility index (Phi) is 4.38. The molecule has 1 aliphatic heterocycles. The molecule has 0 bridgehead atoms. The fourth-order valence-corrected chi connectivity index (χ4v) is 3.20. The molecule has 1 aliphatic rings. The van der Waals surface area contributed by atoms with Gasteiger partial charge in [-0.25, -0.2) is 4.98 Å². The molecule has 2 N–H and O–H groups in total. The van der Waals surface area contributed by atoms with Gasteiger partial charge in [0.1, 0.15) is 5.69 Å². The van der Waals surface area contributed by atoms with Crippen molar-refractivity contribution in [3.8, 4) is 5.88 Å². The molecule has 2 heterocycles. The number of fused-ring (bicyclic) bond motifs is 1. The van der Waals surface area contributed by atoms with E-state index in [-0.39, 0.29) is 23.8 Å². The van der Waals surface area contributed by atoms with Crippen LogP contribution in [0.1, 0.15) is 30.3 Å². The van der Waals surface area contributed by atoms with Gasteiger partial charge in [-0.1, -0.05) is 18.2 Å². The Labute approximate surface area is 140 Å². The second-order valence-corrected chi connectivity index (χ2v) is 6.22. The van der Waals surface area contributed by atoms with E-state index < -0.39 is 0 Å². The maximum absolute atomic E-state index is 12.9. The summed E-state index contributed by atoms with van der Waals surface area (Å²) in [5.74, 6) is -0.429. The Morgan fingerprint density at radius 1 is 1.29 bits per heavy atom. The van der Waals surface area contributed by atoms with Gasteiger partial charge in [0.15, 0.2) is 0 Å². The fraction of sp³-hybridized carbons (Fsp3) is 0.389. The number of likely N-dealkylation sites (tertiary alicyclic amines) is 1. The maximum atomic E-state index is 12.9. The fourth-order valence-electron chi connectivity index (χ4n) is 3.20.